The molecule has 0 bridgehead atoms. The van der Waals surface area contributed by atoms with Crippen LogP contribution in [-0.4, -0.2) is 63.7 Å². The second-order valence-corrected chi connectivity index (χ2v) is 13.6. The van der Waals surface area contributed by atoms with Crippen LogP contribution in [0.15, 0.2) is 11.1 Å². The maximum absolute atomic E-state index is 13.6. The minimum Gasteiger partial charge on any atom is -0.458 e. The Morgan fingerprint density at radius 3 is 2.53 bits per heavy atom. The lowest BCUT2D eigenvalue weighted by atomic mass is 9.42. The third-order valence-electron chi connectivity index (χ3n) is 12.2. The van der Waals surface area contributed by atoms with Gasteiger partial charge in [0.15, 0.2) is 0 Å². The highest BCUT2D eigenvalue weighted by Gasteiger charge is 2.82. The summed E-state index contributed by atoms with van der Waals surface area (Å²) in [5, 5.41) is 32.5. The molecular formula is C29H42O7. The van der Waals surface area contributed by atoms with Crippen molar-refractivity contribution in [3.63, 3.8) is 0 Å². The summed E-state index contributed by atoms with van der Waals surface area (Å²) in [6.45, 7) is 9.98. The van der Waals surface area contributed by atoms with Gasteiger partial charge in [-0.3, -0.25) is 4.79 Å². The minimum atomic E-state index is -0.863. The Balaban J connectivity index is 1.30. The van der Waals surface area contributed by atoms with Crippen molar-refractivity contribution in [2.45, 2.75) is 103 Å². The van der Waals surface area contributed by atoms with E-state index in [0.717, 1.165) is 24.8 Å². The van der Waals surface area contributed by atoms with E-state index in [1.807, 2.05) is 20.8 Å². The molecule has 0 aromatic carbocycles. The standard InChI is InChI=1S/C29H42O7/c1-13-8-21(35-26(34)17(13)12-30)15(3)18-6-7-19-16-10-23-29(36-23)25(33)14(2)9-22(32)28(29,5)24(16)20(31)11-27(18,19)4/h14-16,18-21,23-25,30-31,33H,6-12H2,1-5H3/t14-,15-,16-,18+,19-,20-,21+,23+,24+,25-,27+,28+,29-/m0/s1. The van der Waals surface area contributed by atoms with Crippen LogP contribution in [0.3, 0.4) is 0 Å². The number of cyclic esters (lactones) is 1. The smallest absolute Gasteiger partial charge is 0.336 e. The zero-order valence-corrected chi connectivity index (χ0v) is 22.2. The monoisotopic (exact) mass is 502 g/mol. The maximum atomic E-state index is 13.6. The number of hydrogen-bond acceptors (Lipinski definition) is 7. The van der Waals surface area contributed by atoms with Crippen molar-refractivity contribution in [3.05, 3.63) is 11.1 Å². The summed E-state index contributed by atoms with van der Waals surface area (Å²) in [6.07, 6.45) is 2.72. The molecule has 0 radical (unpaired) electrons. The molecule has 200 valence electrons. The third kappa shape index (κ3) is 2.89. The molecule has 7 heteroatoms. The molecule has 0 amide bonds. The van der Waals surface area contributed by atoms with Gasteiger partial charge in [0.05, 0.1) is 35.9 Å². The molecule has 6 aliphatic rings. The lowest BCUT2D eigenvalue weighted by Crippen LogP contribution is -2.69. The molecule has 7 nitrogen and oxygen atoms in total. The highest BCUT2D eigenvalue weighted by Crippen LogP contribution is 2.74. The molecule has 1 spiro atoms. The molecule has 13 atom stereocenters. The van der Waals surface area contributed by atoms with E-state index in [1.165, 1.54) is 0 Å². The van der Waals surface area contributed by atoms with Crippen LogP contribution < -0.4 is 0 Å². The summed E-state index contributed by atoms with van der Waals surface area (Å²) in [5.41, 5.74) is -0.552. The molecule has 0 aromatic heterocycles. The van der Waals surface area contributed by atoms with Crippen LogP contribution in [0.25, 0.3) is 0 Å². The van der Waals surface area contributed by atoms with Crippen LogP contribution in [0.2, 0.25) is 0 Å². The van der Waals surface area contributed by atoms with E-state index in [0.29, 0.717) is 30.8 Å². The summed E-state index contributed by atoms with van der Waals surface area (Å²) in [7, 11) is 0. The van der Waals surface area contributed by atoms with Crippen molar-refractivity contribution < 1.29 is 34.4 Å². The largest absolute Gasteiger partial charge is 0.458 e. The molecule has 36 heavy (non-hydrogen) atoms. The topological polar surface area (TPSA) is 117 Å². The van der Waals surface area contributed by atoms with E-state index in [9.17, 15) is 24.9 Å². The average Bonchev–Trinajstić information content (AvgIpc) is 3.45. The summed E-state index contributed by atoms with van der Waals surface area (Å²) in [5.74, 6) is 0.323. The zero-order valence-electron chi connectivity index (χ0n) is 22.2. The van der Waals surface area contributed by atoms with Crippen molar-refractivity contribution >= 4 is 11.8 Å². The van der Waals surface area contributed by atoms with Crippen molar-refractivity contribution in [3.8, 4) is 0 Å². The van der Waals surface area contributed by atoms with Crippen molar-refractivity contribution in [1.82, 2.24) is 0 Å². The van der Waals surface area contributed by atoms with Gasteiger partial charge in [0.2, 0.25) is 0 Å². The van der Waals surface area contributed by atoms with E-state index >= 15 is 0 Å². The lowest BCUT2D eigenvalue weighted by Gasteiger charge is -2.61. The van der Waals surface area contributed by atoms with E-state index in [4.69, 9.17) is 9.47 Å². The second-order valence-electron chi connectivity index (χ2n) is 13.6. The van der Waals surface area contributed by atoms with Crippen molar-refractivity contribution in [1.29, 1.82) is 0 Å². The summed E-state index contributed by atoms with van der Waals surface area (Å²) >= 11 is 0. The van der Waals surface area contributed by atoms with E-state index < -0.39 is 29.2 Å². The van der Waals surface area contributed by atoms with Crippen LogP contribution in [0, 0.1) is 46.3 Å². The lowest BCUT2D eigenvalue weighted by molar-refractivity contribution is -0.193. The number of rotatable bonds is 3. The molecule has 2 heterocycles. The maximum Gasteiger partial charge on any atom is 0.336 e. The number of carbonyl (C=O) groups excluding carboxylic acids is 2. The number of hydrogen-bond donors (Lipinski definition) is 3. The molecule has 0 aromatic rings. The number of Topliss-reactive ketones (excluding diaryl/α,β-unsaturated/α-hetero) is 1. The van der Waals surface area contributed by atoms with E-state index in [2.05, 4.69) is 13.8 Å². The summed E-state index contributed by atoms with van der Waals surface area (Å²) < 4.78 is 12.1. The Hall–Kier alpha value is -1.28. The zero-order chi connectivity index (χ0) is 25.9. The number of aliphatic hydroxyl groups excluding tert-OH is 3. The normalized spacial score (nSPS) is 54.7. The predicted octanol–water partition coefficient (Wildman–Crippen LogP) is 2.79. The van der Waals surface area contributed by atoms with E-state index in [1.54, 1.807) is 0 Å². The van der Waals surface area contributed by atoms with Gasteiger partial charge >= 0.3 is 5.97 Å². The fourth-order valence-corrected chi connectivity index (χ4v) is 10.4. The predicted molar refractivity (Wildman–Crippen MR) is 130 cm³/mol. The van der Waals surface area contributed by atoms with Crippen LogP contribution >= 0.6 is 0 Å². The number of carbonyl (C=O) groups is 2. The Labute approximate surface area is 213 Å². The van der Waals surface area contributed by atoms with Crippen LogP contribution in [-0.2, 0) is 19.1 Å². The first kappa shape index (κ1) is 25.0. The van der Waals surface area contributed by atoms with Gasteiger partial charge < -0.3 is 24.8 Å². The summed E-state index contributed by atoms with van der Waals surface area (Å²) in [4.78, 5) is 26.1. The Morgan fingerprint density at radius 1 is 1.14 bits per heavy atom. The molecule has 4 saturated carbocycles. The molecular weight excluding hydrogens is 460 g/mol. The van der Waals surface area contributed by atoms with Gasteiger partial charge in [-0.25, -0.2) is 4.79 Å². The van der Waals surface area contributed by atoms with Crippen LogP contribution in [0.5, 0.6) is 0 Å². The highest BCUT2D eigenvalue weighted by molar-refractivity contribution is 5.90. The van der Waals surface area contributed by atoms with Gasteiger partial charge in [0, 0.05) is 18.8 Å². The molecule has 5 fully saturated rings. The average molecular weight is 503 g/mol. The quantitative estimate of drug-likeness (QED) is 0.401. The summed E-state index contributed by atoms with van der Waals surface area (Å²) in [6, 6.07) is 0. The Kier molecular flexibility index (Phi) is 5.47. The molecule has 1 saturated heterocycles. The number of fused-ring (bicyclic) bond motifs is 4. The van der Waals surface area contributed by atoms with Gasteiger partial charge in [0.1, 0.15) is 17.5 Å². The molecule has 2 aliphatic heterocycles. The number of ketones is 1. The van der Waals surface area contributed by atoms with Crippen molar-refractivity contribution in [2.75, 3.05) is 6.61 Å². The first-order chi connectivity index (χ1) is 16.9. The van der Waals surface area contributed by atoms with Gasteiger partial charge in [-0.05, 0) is 74.5 Å². The molecule has 6 rings (SSSR count). The number of epoxide rings is 1. The highest BCUT2D eigenvalue weighted by atomic mass is 16.6. The molecule has 3 N–H and O–H groups in total. The number of ether oxygens (including phenoxy) is 2. The van der Waals surface area contributed by atoms with Crippen molar-refractivity contribution in [2.24, 2.45) is 46.3 Å². The van der Waals surface area contributed by atoms with Crippen LogP contribution in [0.4, 0.5) is 0 Å². The SMILES string of the molecule is CC1=C(CO)C(=O)O[C@@H]([C@@H](C)[C@H]2CC[C@H]3[C@@H]4C[C@H]5O[C@]56[C@@H](O)[C@@H](C)CC(=O)[C@]6(C)[C@H]4[C@@H](O)C[C@]23C)C1. The second kappa shape index (κ2) is 7.87. The van der Waals surface area contributed by atoms with Crippen LogP contribution in [0.1, 0.15) is 73.1 Å². The van der Waals surface area contributed by atoms with Gasteiger partial charge in [0.25, 0.3) is 0 Å². The fourth-order valence-electron chi connectivity index (χ4n) is 10.4. The first-order valence-electron chi connectivity index (χ1n) is 14.0. The van der Waals surface area contributed by atoms with Gasteiger partial charge in [-0.15, -0.1) is 0 Å². The molecule has 4 aliphatic carbocycles. The minimum absolute atomic E-state index is 0.123. The number of aliphatic hydroxyl groups is 3. The molecule has 0 unspecified atom stereocenters. The van der Waals surface area contributed by atoms with E-state index in [-0.39, 0.29) is 59.6 Å². The third-order valence-corrected chi connectivity index (χ3v) is 12.2. The van der Waals surface area contributed by atoms with Gasteiger partial charge in [-0.2, -0.15) is 0 Å². The Bertz CT molecular complexity index is 1020. The fraction of sp³-hybridized carbons (Fsp3) is 0.862. The Morgan fingerprint density at radius 2 is 1.86 bits per heavy atom. The number of esters is 1. The first-order valence-corrected chi connectivity index (χ1v) is 14.0. The van der Waals surface area contributed by atoms with Gasteiger partial charge in [-0.1, -0.05) is 26.3 Å².